The summed E-state index contributed by atoms with van der Waals surface area (Å²) in [6.07, 6.45) is 0.959. The first kappa shape index (κ1) is 21.2. The third kappa shape index (κ3) is 4.26. The Morgan fingerprint density at radius 1 is 1.10 bits per heavy atom. The number of furan rings is 1. The van der Waals surface area contributed by atoms with Crippen molar-refractivity contribution in [3.63, 3.8) is 0 Å². The number of likely N-dealkylation sites (N-methyl/N-ethyl adjacent to an activating group) is 1. The van der Waals surface area contributed by atoms with E-state index >= 15 is 0 Å². The number of para-hydroxylation sites is 2. The minimum Gasteiger partial charge on any atom is -0.451 e. The molecule has 6 heteroatoms. The number of hydrogen-bond acceptors (Lipinski definition) is 4. The van der Waals surface area contributed by atoms with Crippen LogP contribution in [-0.2, 0) is 6.42 Å². The lowest BCUT2D eigenvalue weighted by Crippen LogP contribution is -2.44. The van der Waals surface area contributed by atoms with Crippen LogP contribution in [0.1, 0.15) is 28.6 Å². The van der Waals surface area contributed by atoms with Gasteiger partial charge in [-0.2, -0.15) is 0 Å². The molecule has 0 saturated carbocycles. The molecule has 1 N–H and O–H groups in total. The number of anilines is 2. The van der Waals surface area contributed by atoms with E-state index in [2.05, 4.69) is 47.3 Å². The highest BCUT2D eigenvalue weighted by atomic mass is 35.5. The molecular weight excluding hydrogens is 386 g/mol. The summed E-state index contributed by atoms with van der Waals surface area (Å²) in [6.45, 7) is 8.02. The number of fused-ring (bicyclic) bond motifs is 1. The Kier molecular flexibility index (Phi) is 6.50. The fourth-order valence-corrected chi connectivity index (χ4v) is 3.79. The molecule has 0 spiro atoms. The van der Waals surface area contributed by atoms with E-state index in [4.69, 9.17) is 4.42 Å². The molecule has 1 aliphatic heterocycles. The van der Waals surface area contributed by atoms with Gasteiger partial charge in [0.05, 0.1) is 11.4 Å². The van der Waals surface area contributed by atoms with Crippen LogP contribution in [0.2, 0.25) is 0 Å². The summed E-state index contributed by atoms with van der Waals surface area (Å²) in [6, 6.07) is 14.1. The molecule has 1 amide bonds. The summed E-state index contributed by atoms with van der Waals surface area (Å²) in [4.78, 5) is 17.7. The Hall–Kier alpha value is -2.50. The smallest absolute Gasteiger partial charge is 0.291 e. The highest BCUT2D eigenvalue weighted by molar-refractivity contribution is 6.07. The van der Waals surface area contributed by atoms with Gasteiger partial charge in [0.2, 0.25) is 0 Å². The van der Waals surface area contributed by atoms with Crippen molar-refractivity contribution >= 4 is 40.7 Å². The Bertz CT molecular complexity index is 1010. The number of amides is 1. The molecule has 29 heavy (non-hydrogen) atoms. The van der Waals surface area contributed by atoms with Crippen molar-refractivity contribution in [1.29, 1.82) is 0 Å². The van der Waals surface area contributed by atoms with Crippen LogP contribution in [0.3, 0.4) is 0 Å². The van der Waals surface area contributed by atoms with Gasteiger partial charge in [-0.3, -0.25) is 4.79 Å². The van der Waals surface area contributed by atoms with Crippen LogP contribution >= 0.6 is 12.4 Å². The first-order valence-corrected chi connectivity index (χ1v) is 9.92. The number of nitrogens with zero attached hydrogens (tertiary/aromatic N) is 2. The SMILES string of the molecule is CCc1ccc2oc(C(=O)Nc3ccccc3N3CCN(C)CC3)c(C)c2c1.Cl. The van der Waals surface area contributed by atoms with Crippen LogP contribution in [0.5, 0.6) is 0 Å². The maximum atomic E-state index is 13.0. The Balaban J connectivity index is 0.00000240. The molecule has 0 bridgehead atoms. The van der Waals surface area contributed by atoms with Gasteiger partial charge in [-0.1, -0.05) is 25.1 Å². The standard InChI is InChI=1S/C23H27N3O2.ClH/c1-4-17-9-10-21-18(15-17)16(2)22(28-21)23(27)24-19-7-5-6-8-20(19)26-13-11-25(3)12-14-26;/h5-10,15H,4,11-14H2,1-3H3,(H,24,27);1H. The van der Waals surface area contributed by atoms with E-state index in [-0.39, 0.29) is 18.3 Å². The molecule has 0 atom stereocenters. The van der Waals surface area contributed by atoms with Crippen molar-refractivity contribution in [1.82, 2.24) is 4.90 Å². The van der Waals surface area contributed by atoms with Gasteiger partial charge in [-0.25, -0.2) is 0 Å². The van der Waals surface area contributed by atoms with Gasteiger partial charge in [-0.15, -0.1) is 12.4 Å². The van der Waals surface area contributed by atoms with E-state index in [9.17, 15) is 4.79 Å². The number of carbonyl (C=O) groups excluding carboxylic acids is 1. The van der Waals surface area contributed by atoms with Crippen molar-refractivity contribution in [2.24, 2.45) is 0 Å². The van der Waals surface area contributed by atoms with Gasteiger partial charge in [0, 0.05) is 37.1 Å². The lowest BCUT2D eigenvalue weighted by atomic mass is 10.1. The first-order valence-electron chi connectivity index (χ1n) is 9.92. The molecule has 0 radical (unpaired) electrons. The Morgan fingerprint density at radius 3 is 2.55 bits per heavy atom. The lowest BCUT2D eigenvalue weighted by molar-refractivity contribution is 0.0998. The molecule has 2 heterocycles. The van der Waals surface area contributed by atoms with E-state index in [1.807, 2.05) is 31.2 Å². The molecule has 1 aliphatic rings. The number of halogens is 1. The van der Waals surface area contributed by atoms with Crippen LogP contribution in [-0.4, -0.2) is 44.0 Å². The van der Waals surface area contributed by atoms with Crippen molar-refractivity contribution in [3.8, 4) is 0 Å². The van der Waals surface area contributed by atoms with Gasteiger partial charge in [-0.05, 0) is 50.2 Å². The van der Waals surface area contributed by atoms with E-state index in [1.54, 1.807) is 0 Å². The molecule has 0 aliphatic carbocycles. The molecule has 0 unspecified atom stereocenters. The fourth-order valence-electron chi connectivity index (χ4n) is 3.79. The van der Waals surface area contributed by atoms with Gasteiger partial charge < -0.3 is 19.5 Å². The highest BCUT2D eigenvalue weighted by Gasteiger charge is 2.21. The summed E-state index contributed by atoms with van der Waals surface area (Å²) >= 11 is 0. The average Bonchev–Trinajstić information content (AvgIpc) is 3.05. The predicted molar refractivity (Wildman–Crippen MR) is 122 cm³/mol. The van der Waals surface area contributed by atoms with Crippen LogP contribution in [0.15, 0.2) is 46.9 Å². The Morgan fingerprint density at radius 2 is 1.83 bits per heavy atom. The predicted octanol–water partition coefficient (Wildman–Crippen LogP) is 4.73. The number of hydrogen-bond donors (Lipinski definition) is 1. The Labute approximate surface area is 178 Å². The van der Waals surface area contributed by atoms with E-state index in [0.29, 0.717) is 5.76 Å². The molecule has 1 fully saturated rings. The number of nitrogens with one attached hydrogen (secondary N) is 1. The van der Waals surface area contributed by atoms with Gasteiger partial charge in [0.1, 0.15) is 5.58 Å². The molecule has 3 aromatic rings. The number of benzene rings is 2. The molecule has 4 rings (SSSR count). The second kappa shape index (κ2) is 8.89. The normalized spacial score (nSPS) is 14.7. The van der Waals surface area contributed by atoms with Gasteiger partial charge in [0.15, 0.2) is 5.76 Å². The first-order chi connectivity index (χ1) is 13.6. The molecular formula is C23H28ClN3O2. The molecule has 1 aromatic heterocycles. The largest absolute Gasteiger partial charge is 0.451 e. The molecule has 2 aromatic carbocycles. The van der Waals surface area contributed by atoms with Crippen LogP contribution < -0.4 is 10.2 Å². The summed E-state index contributed by atoms with van der Waals surface area (Å²) in [5.41, 5.74) is 4.77. The van der Waals surface area contributed by atoms with Crippen LogP contribution in [0, 0.1) is 6.92 Å². The minimum absolute atomic E-state index is 0. The van der Waals surface area contributed by atoms with Crippen molar-refractivity contribution in [3.05, 3.63) is 59.4 Å². The lowest BCUT2D eigenvalue weighted by Gasteiger charge is -2.35. The van der Waals surface area contributed by atoms with Gasteiger partial charge in [0.25, 0.3) is 5.91 Å². The maximum absolute atomic E-state index is 13.0. The van der Waals surface area contributed by atoms with E-state index in [1.165, 1.54) is 5.56 Å². The second-order valence-electron chi connectivity index (χ2n) is 7.50. The summed E-state index contributed by atoms with van der Waals surface area (Å²) in [5, 5.41) is 4.09. The zero-order valence-corrected chi connectivity index (χ0v) is 18.0. The number of rotatable bonds is 4. The highest BCUT2D eigenvalue weighted by Crippen LogP contribution is 2.30. The minimum atomic E-state index is -0.201. The topological polar surface area (TPSA) is 48.7 Å². The molecule has 1 saturated heterocycles. The number of piperazine rings is 1. The van der Waals surface area contributed by atoms with E-state index < -0.39 is 0 Å². The zero-order chi connectivity index (χ0) is 19.7. The third-order valence-electron chi connectivity index (χ3n) is 5.61. The van der Waals surface area contributed by atoms with E-state index in [0.717, 1.165) is 60.5 Å². The summed E-state index contributed by atoms with van der Waals surface area (Å²) in [5.74, 6) is 0.185. The van der Waals surface area contributed by atoms with Crippen molar-refractivity contribution in [2.45, 2.75) is 20.3 Å². The van der Waals surface area contributed by atoms with Crippen molar-refractivity contribution < 1.29 is 9.21 Å². The summed E-state index contributed by atoms with van der Waals surface area (Å²) < 4.78 is 5.90. The average molecular weight is 414 g/mol. The van der Waals surface area contributed by atoms with Crippen molar-refractivity contribution in [2.75, 3.05) is 43.4 Å². The number of aryl methyl sites for hydroxylation is 2. The van der Waals surface area contributed by atoms with Gasteiger partial charge >= 0.3 is 0 Å². The molecule has 154 valence electrons. The molecule has 5 nitrogen and oxygen atoms in total. The van der Waals surface area contributed by atoms with Crippen LogP contribution in [0.25, 0.3) is 11.0 Å². The van der Waals surface area contributed by atoms with Crippen LogP contribution in [0.4, 0.5) is 11.4 Å². The fraction of sp³-hybridized carbons (Fsp3) is 0.348. The zero-order valence-electron chi connectivity index (χ0n) is 17.2. The number of carbonyl (C=O) groups is 1. The monoisotopic (exact) mass is 413 g/mol. The second-order valence-corrected chi connectivity index (χ2v) is 7.50. The third-order valence-corrected chi connectivity index (χ3v) is 5.61. The maximum Gasteiger partial charge on any atom is 0.291 e. The quantitative estimate of drug-likeness (QED) is 0.671. The summed E-state index contributed by atoms with van der Waals surface area (Å²) in [7, 11) is 2.14.